The maximum Gasteiger partial charge on any atom is 0.243 e. The highest BCUT2D eigenvalue weighted by atomic mass is 32.2. The fourth-order valence-electron chi connectivity index (χ4n) is 3.45. The van der Waals surface area contributed by atoms with Crippen LogP contribution in [0.5, 0.6) is 0 Å². The molecular weight excluding hydrogens is 308 g/mol. The zero-order valence-corrected chi connectivity index (χ0v) is 14.6. The maximum atomic E-state index is 12.6. The third-order valence-corrected chi connectivity index (χ3v) is 6.35. The fraction of sp³-hybridized carbons (Fsp3) is 0.556. The van der Waals surface area contributed by atoms with Gasteiger partial charge in [-0.15, -0.1) is 11.8 Å². The van der Waals surface area contributed by atoms with Crippen molar-refractivity contribution in [2.24, 2.45) is 0 Å². The van der Waals surface area contributed by atoms with Crippen LogP contribution in [0.3, 0.4) is 0 Å². The first-order valence-electron chi connectivity index (χ1n) is 8.30. The van der Waals surface area contributed by atoms with Crippen molar-refractivity contribution in [1.82, 2.24) is 10.2 Å². The summed E-state index contributed by atoms with van der Waals surface area (Å²) in [6, 6.07) is 10.1. The Labute approximate surface area is 142 Å². The number of hydrogen-bond acceptors (Lipinski definition) is 3. The van der Waals surface area contributed by atoms with Gasteiger partial charge in [0.2, 0.25) is 11.8 Å². The molecule has 2 fully saturated rings. The zero-order valence-electron chi connectivity index (χ0n) is 13.7. The molecule has 3 rings (SSSR count). The minimum Gasteiger partial charge on any atom is -0.352 e. The van der Waals surface area contributed by atoms with Gasteiger partial charge < -0.3 is 10.2 Å². The van der Waals surface area contributed by atoms with E-state index in [4.69, 9.17) is 0 Å². The monoisotopic (exact) mass is 332 g/mol. The Balaban J connectivity index is 1.54. The molecule has 0 radical (unpaired) electrons. The Hall–Kier alpha value is -1.49. The van der Waals surface area contributed by atoms with Gasteiger partial charge in [-0.05, 0) is 38.7 Å². The first-order chi connectivity index (χ1) is 11.0. The summed E-state index contributed by atoms with van der Waals surface area (Å²) in [5.74, 6) is 0.825. The fourth-order valence-corrected chi connectivity index (χ4v) is 4.89. The lowest BCUT2D eigenvalue weighted by molar-refractivity contribution is -0.138. The van der Waals surface area contributed by atoms with Crippen molar-refractivity contribution in [3.8, 4) is 0 Å². The zero-order chi connectivity index (χ0) is 16.4. The van der Waals surface area contributed by atoms with E-state index >= 15 is 0 Å². The second kappa shape index (κ2) is 6.56. The molecule has 5 heteroatoms. The van der Waals surface area contributed by atoms with Crippen molar-refractivity contribution < 1.29 is 9.59 Å². The van der Waals surface area contributed by atoms with Crippen molar-refractivity contribution in [2.45, 2.75) is 56.5 Å². The lowest BCUT2D eigenvalue weighted by Gasteiger charge is -2.30. The van der Waals surface area contributed by atoms with Crippen LogP contribution in [0.4, 0.5) is 0 Å². The van der Waals surface area contributed by atoms with E-state index in [0.717, 1.165) is 19.3 Å². The number of nitrogens with zero attached hydrogens (tertiary/aromatic N) is 1. The summed E-state index contributed by atoms with van der Waals surface area (Å²) in [7, 11) is 0. The maximum absolute atomic E-state index is 12.6. The molecule has 3 atom stereocenters. The number of aryl methyl sites for hydroxylation is 1. The molecule has 1 aromatic carbocycles. The molecule has 2 amide bonds. The van der Waals surface area contributed by atoms with E-state index in [-0.39, 0.29) is 28.8 Å². The van der Waals surface area contributed by atoms with E-state index in [9.17, 15) is 9.59 Å². The molecule has 2 heterocycles. The molecule has 0 bridgehead atoms. The molecule has 0 spiro atoms. The van der Waals surface area contributed by atoms with Gasteiger partial charge in [0.05, 0.1) is 4.87 Å². The van der Waals surface area contributed by atoms with Gasteiger partial charge in [0.1, 0.15) is 6.04 Å². The molecule has 0 aliphatic carbocycles. The quantitative estimate of drug-likeness (QED) is 0.901. The lowest BCUT2D eigenvalue weighted by Crippen LogP contribution is -2.51. The average Bonchev–Trinajstić information content (AvgIpc) is 3.03. The Bertz CT molecular complexity index is 592. The lowest BCUT2D eigenvalue weighted by atomic mass is 10.1. The number of nitrogens with one attached hydrogen (secondary N) is 1. The van der Waals surface area contributed by atoms with E-state index in [1.807, 2.05) is 30.0 Å². The number of rotatable bonds is 5. The highest BCUT2D eigenvalue weighted by Crippen LogP contribution is 2.47. The molecule has 4 nitrogen and oxygen atoms in total. The molecule has 124 valence electrons. The number of amides is 2. The molecule has 2 aliphatic heterocycles. The number of benzene rings is 1. The summed E-state index contributed by atoms with van der Waals surface area (Å²) >= 11 is 1.74. The molecule has 1 N–H and O–H groups in total. The first kappa shape index (κ1) is 16.4. The predicted octanol–water partition coefficient (Wildman–Crippen LogP) is 2.58. The second-order valence-corrected chi connectivity index (χ2v) is 8.20. The van der Waals surface area contributed by atoms with Crippen LogP contribution in [-0.4, -0.2) is 39.4 Å². The van der Waals surface area contributed by atoms with Crippen molar-refractivity contribution >= 4 is 23.6 Å². The van der Waals surface area contributed by atoms with Gasteiger partial charge in [0.15, 0.2) is 0 Å². The van der Waals surface area contributed by atoms with Crippen LogP contribution in [-0.2, 0) is 16.0 Å². The van der Waals surface area contributed by atoms with Crippen molar-refractivity contribution in [3.63, 3.8) is 0 Å². The third-order valence-electron chi connectivity index (χ3n) is 4.85. The smallest absolute Gasteiger partial charge is 0.243 e. The SMILES string of the molecule is C[C@H](CCc1ccccc1)NC(=O)[C@@H]1CS[C@]2(C)CCC(=O)N12. The van der Waals surface area contributed by atoms with E-state index in [2.05, 4.69) is 24.4 Å². The summed E-state index contributed by atoms with van der Waals surface area (Å²) in [5, 5.41) is 3.10. The van der Waals surface area contributed by atoms with E-state index < -0.39 is 0 Å². The molecule has 2 saturated heterocycles. The molecule has 0 unspecified atom stereocenters. The van der Waals surface area contributed by atoms with Crippen LogP contribution < -0.4 is 5.32 Å². The molecule has 2 aliphatic rings. The van der Waals surface area contributed by atoms with Gasteiger partial charge in [-0.25, -0.2) is 0 Å². The van der Waals surface area contributed by atoms with Crippen molar-refractivity contribution in [1.29, 1.82) is 0 Å². The predicted molar refractivity (Wildman–Crippen MR) is 93.1 cm³/mol. The van der Waals surface area contributed by atoms with Gasteiger partial charge >= 0.3 is 0 Å². The Morgan fingerprint density at radius 1 is 1.43 bits per heavy atom. The van der Waals surface area contributed by atoms with E-state index in [1.165, 1.54) is 5.56 Å². The number of thioether (sulfide) groups is 1. The summed E-state index contributed by atoms with van der Waals surface area (Å²) in [6.07, 6.45) is 3.27. The van der Waals surface area contributed by atoms with Gasteiger partial charge in [0, 0.05) is 18.2 Å². The summed E-state index contributed by atoms with van der Waals surface area (Å²) < 4.78 is 0. The number of carbonyl (C=O) groups excluding carboxylic acids is 2. The molecule has 23 heavy (non-hydrogen) atoms. The summed E-state index contributed by atoms with van der Waals surface area (Å²) in [6.45, 7) is 4.11. The van der Waals surface area contributed by atoms with Crippen LogP contribution >= 0.6 is 11.8 Å². The molecular formula is C18H24N2O2S. The van der Waals surface area contributed by atoms with Crippen LogP contribution in [0.15, 0.2) is 30.3 Å². The van der Waals surface area contributed by atoms with E-state index in [0.29, 0.717) is 12.2 Å². The van der Waals surface area contributed by atoms with Crippen LogP contribution in [0.1, 0.15) is 38.7 Å². The normalized spacial score (nSPS) is 27.8. The topological polar surface area (TPSA) is 49.4 Å². The standard InChI is InChI=1S/C18H24N2O2S/c1-13(8-9-14-6-4-3-5-7-14)19-17(22)15-12-23-18(2)11-10-16(21)20(15)18/h3-7,13,15H,8-12H2,1-2H3,(H,19,22)/t13-,15+,18-/m1/s1. The van der Waals surface area contributed by atoms with Gasteiger partial charge in [0.25, 0.3) is 0 Å². The minimum absolute atomic E-state index is 0.00274. The summed E-state index contributed by atoms with van der Waals surface area (Å²) in [5.41, 5.74) is 1.28. The minimum atomic E-state index is -0.306. The largest absolute Gasteiger partial charge is 0.352 e. The van der Waals surface area contributed by atoms with Crippen LogP contribution in [0.2, 0.25) is 0 Å². The van der Waals surface area contributed by atoms with E-state index in [1.54, 1.807) is 11.8 Å². The first-order valence-corrected chi connectivity index (χ1v) is 9.28. The summed E-state index contributed by atoms with van der Waals surface area (Å²) in [4.78, 5) is 26.3. The Morgan fingerprint density at radius 2 is 2.17 bits per heavy atom. The third kappa shape index (κ3) is 3.39. The van der Waals surface area contributed by atoms with Crippen molar-refractivity contribution in [3.05, 3.63) is 35.9 Å². The number of fused-ring (bicyclic) bond motifs is 1. The number of carbonyl (C=O) groups is 2. The molecule has 0 saturated carbocycles. The molecule has 0 aromatic heterocycles. The van der Waals surface area contributed by atoms with Gasteiger partial charge in [-0.2, -0.15) is 0 Å². The number of hydrogen-bond donors (Lipinski definition) is 1. The van der Waals surface area contributed by atoms with Crippen molar-refractivity contribution in [2.75, 3.05) is 5.75 Å². The average molecular weight is 332 g/mol. The Kier molecular flexibility index (Phi) is 4.67. The highest BCUT2D eigenvalue weighted by molar-refractivity contribution is 8.01. The highest BCUT2D eigenvalue weighted by Gasteiger charge is 2.52. The van der Waals surface area contributed by atoms with Crippen LogP contribution in [0.25, 0.3) is 0 Å². The Morgan fingerprint density at radius 3 is 2.91 bits per heavy atom. The second-order valence-electron chi connectivity index (χ2n) is 6.70. The van der Waals surface area contributed by atoms with Gasteiger partial charge in [-0.1, -0.05) is 30.3 Å². The van der Waals surface area contributed by atoms with Gasteiger partial charge in [-0.3, -0.25) is 9.59 Å². The van der Waals surface area contributed by atoms with Crippen LogP contribution in [0, 0.1) is 0 Å². The molecule has 1 aromatic rings.